The van der Waals surface area contributed by atoms with Crippen LogP contribution in [0.4, 0.5) is 0 Å². The maximum atomic E-state index is 11.7. The van der Waals surface area contributed by atoms with Crippen LogP contribution in [0.1, 0.15) is 5.69 Å². The number of aromatic nitrogens is 1. The number of piperazine rings is 1. The molecule has 0 aromatic carbocycles. The van der Waals surface area contributed by atoms with Gasteiger partial charge < -0.3 is 4.90 Å². The lowest BCUT2D eigenvalue weighted by Gasteiger charge is -2.32. The van der Waals surface area contributed by atoms with E-state index in [-0.39, 0.29) is 5.91 Å². The average Bonchev–Trinajstić information content (AvgIpc) is 2.74. The molecule has 0 atom stereocenters. The van der Waals surface area contributed by atoms with Crippen molar-refractivity contribution in [3.05, 3.63) is 16.6 Å². The molecule has 0 aliphatic carbocycles. The summed E-state index contributed by atoms with van der Waals surface area (Å²) in [6.07, 6.45) is 0.371. The van der Waals surface area contributed by atoms with Crippen LogP contribution in [0.2, 0.25) is 0 Å². The maximum Gasteiger partial charge on any atom is 0.240 e. The van der Waals surface area contributed by atoms with Crippen LogP contribution in [-0.4, -0.2) is 54.0 Å². The number of nitrogens with zero attached hydrogens (tertiary/aromatic N) is 3. The Balaban J connectivity index is 1.75. The van der Waals surface area contributed by atoms with Crippen LogP contribution in [0.5, 0.6) is 0 Å². The van der Waals surface area contributed by atoms with Crippen LogP contribution >= 0.6 is 11.3 Å². The largest absolute Gasteiger partial charge is 0.304 e. The van der Waals surface area contributed by atoms with Gasteiger partial charge in [0.15, 0.2) is 0 Å². The Hall–Kier alpha value is -0.980. The summed E-state index contributed by atoms with van der Waals surface area (Å²) < 4.78 is 0. The first kappa shape index (κ1) is 11.5. The molecule has 0 saturated carbocycles. The van der Waals surface area contributed by atoms with Crippen molar-refractivity contribution < 1.29 is 4.79 Å². The standard InChI is InChI=1S/C10H16N4OS/c1-13-2-4-14(5-3-13)12-10(15)6-9-7-16-8-11-9/h7-8H,2-6H2,1H3,(H,12,15). The Morgan fingerprint density at radius 3 is 2.88 bits per heavy atom. The van der Waals surface area contributed by atoms with Gasteiger partial charge in [-0.3, -0.25) is 10.2 Å². The highest BCUT2D eigenvalue weighted by atomic mass is 32.1. The van der Waals surface area contributed by atoms with Crippen molar-refractivity contribution in [2.75, 3.05) is 33.2 Å². The fourth-order valence-electron chi connectivity index (χ4n) is 1.62. The lowest BCUT2D eigenvalue weighted by molar-refractivity contribution is -0.126. The van der Waals surface area contributed by atoms with Gasteiger partial charge in [0.2, 0.25) is 5.91 Å². The predicted molar refractivity (Wildman–Crippen MR) is 63.0 cm³/mol. The van der Waals surface area contributed by atoms with Crippen molar-refractivity contribution in [1.29, 1.82) is 0 Å². The van der Waals surface area contributed by atoms with Gasteiger partial charge >= 0.3 is 0 Å². The van der Waals surface area contributed by atoms with E-state index in [1.165, 1.54) is 11.3 Å². The van der Waals surface area contributed by atoms with Crippen LogP contribution in [0, 0.1) is 0 Å². The Bertz CT molecular complexity index is 333. The topological polar surface area (TPSA) is 48.5 Å². The number of thiazole rings is 1. The van der Waals surface area contributed by atoms with E-state index in [9.17, 15) is 4.79 Å². The third-order valence-corrected chi connectivity index (χ3v) is 3.25. The Morgan fingerprint density at radius 1 is 1.50 bits per heavy atom. The van der Waals surface area contributed by atoms with E-state index in [1.807, 2.05) is 10.4 Å². The molecular weight excluding hydrogens is 224 g/mol. The average molecular weight is 240 g/mol. The molecule has 0 bridgehead atoms. The third kappa shape index (κ3) is 3.26. The van der Waals surface area contributed by atoms with Crippen molar-refractivity contribution in [3.8, 4) is 0 Å². The zero-order chi connectivity index (χ0) is 11.4. The van der Waals surface area contributed by atoms with E-state index in [4.69, 9.17) is 0 Å². The van der Waals surface area contributed by atoms with Crippen LogP contribution in [-0.2, 0) is 11.2 Å². The number of carbonyl (C=O) groups is 1. The molecule has 1 fully saturated rings. The van der Waals surface area contributed by atoms with Gasteiger partial charge in [0.05, 0.1) is 17.6 Å². The lowest BCUT2D eigenvalue weighted by atomic mass is 10.3. The number of carbonyl (C=O) groups excluding carboxylic acids is 1. The third-order valence-electron chi connectivity index (χ3n) is 2.61. The number of nitrogens with one attached hydrogen (secondary N) is 1. The molecule has 2 rings (SSSR count). The van der Waals surface area contributed by atoms with Gasteiger partial charge in [-0.05, 0) is 7.05 Å². The number of hydrazine groups is 1. The highest BCUT2D eigenvalue weighted by Gasteiger charge is 2.15. The molecule has 1 amide bonds. The Kier molecular flexibility index (Phi) is 3.87. The number of amides is 1. The Labute approximate surface area is 99.0 Å². The molecule has 2 heterocycles. The van der Waals surface area contributed by atoms with Gasteiger partial charge in [0, 0.05) is 31.6 Å². The van der Waals surface area contributed by atoms with Crippen LogP contribution in [0.15, 0.2) is 10.9 Å². The zero-order valence-electron chi connectivity index (χ0n) is 9.35. The van der Waals surface area contributed by atoms with Crippen LogP contribution < -0.4 is 5.43 Å². The highest BCUT2D eigenvalue weighted by Crippen LogP contribution is 2.02. The molecule has 1 aromatic heterocycles. The number of hydrogen-bond donors (Lipinski definition) is 1. The van der Waals surface area contributed by atoms with Gasteiger partial charge in [-0.15, -0.1) is 11.3 Å². The molecule has 1 N–H and O–H groups in total. The van der Waals surface area contributed by atoms with Crippen LogP contribution in [0.25, 0.3) is 0 Å². The fourth-order valence-corrected chi connectivity index (χ4v) is 2.18. The number of rotatable bonds is 3. The molecule has 1 aliphatic heterocycles. The maximum absolute atomic E-state index is 11.7. The smallest absolute Gasteiger partial charge is 0.240 e. The second kappa shape index (κ2) is 5.38. The summed E-state index contributed by atoms with van der Waals surface area (Å²) >= 11 is 1.52. The minimum Gasteiger partial charge on any atom is -0.304 e. The van der Waals surface area contributed by atoms with E-state index < -0.39 is 0 Å². The molecule has 88 valence electrons. The minimum atomic E-state index is 0.0236. The molecule has 1 aliphatic rings. The first-order chi connectivity index (χ1) is 7.74. The second-order valence-corrected chi connectivity index (χ2v) is 4.70. The second-order valence-electron chi connectivity index (χ2n) is 3.98. The quantitative estimate of drug-likeness (QED) is 0.805. The highest BCUT2D eigenvalue weighted by molar-refractivity contribution is 7.07. The van der Waals surface area contributed by atoms with Gasteiger partial charge in [0.1, 0.15) is 0 Å². The predicted octanol–water partition coefficient (Wildman–Crippen LogP) is -0.0358. The summed E-state index contributed by atoms with van der Waals surface area (Å²) in [5, 5.41) is 3.89. The van der Waals surface area contributed by atoms with E-state index in [0.717, 1.165) is 31.9 Å². The van der Waals surface area contributed by atoms with E-state index in [1.54, 1.807) is 5.51 Å². The molecule has 6 heteroatoms. The van der Waals surface area contributed by atoms with E-state index in [2.05, 4.69) is 22.4 Å². The summed E-state index contributed by atoms with van der Waals surface area (Å²) in [5.74, 6) is 0.0236. The van der Waals surface area contributed by atoms with Gasteiger partial charge in [0.25, 0.3) is 0 Å². The summed E-state index contributed by atoms with van der Waals surface area (Å²) in [5.41, 5.74) is 5.50. The minimum absolute atomic E-state index is 0.0236. The van der Waals surface area contributed by atoms with Gasteiger partial charge in [-0.25, -0.2) is 9.99 Å². The number of likely N-dealkylation sites (N-methyl/N-ethyl adjacent to an activating group) is 1. The normalized spacial score (nSPS) is 18.6. The fraction of sp³-hybridized carbons (Fsp3) is 0.600. The molecule has 0 radical (unpaired) electrons. The molecule has 16 heavy (non-hydrogen) atoms. The summed E-state index contributed by atoms with van der Waals surface area (Å²) in [7, 11) is 2.09. The van der Waals surface area contributed by atoms with Crippen molar-refractivity contribution in [2.45, 2.75) is 6.42 Å². The molecular formula is C10H16N4OS. The molecule has 0 unspecified atom stereocenters. The van der Waals surface area contributed by atoms with Gasteiger partial charge in [-0.1, -0.05) is 0 Å². The lowest BCUT2D eigenvalue weighted by Crippen LogP contribution is -2.52. The zero-order valence-corrected chi connectivity index (χ0v) is 10.2. The number of hydrogen-bond acceptors (Lipinski definition) is 5. The first-order valence-corrected chi connectivity index (χ1v) is 6.28. The molecule has 0 spiro atoms. The monoisotopic (exact) mass is 240 g/mol. The summed E-state index contributed by atoms with van der Waals surface area (Å²) in [6, 6.07) is 0. The first-order valence-electron chi connectivity index (χ1n) is 5.34. The van der Waals surface area contributed by atoms with Crippen molar-refractivity contribution in [2.24, 2.45) is 0 Å². The molecule has 1 saturated heterocycles. The van der Waals surface area contributed by atoms with E-state index in [0.29, 0.717) is 6.42 Å². The van der Waals surface area contributed by atoms with E-state index >= 15 is 0 Å². The summed E-state index contributed by atoms with van der Waals surface area (Å²) in [4.78, 5) is 18.0. The SMILES string of the molecule is CN1CCN(NC(=O)Cc2cscn2)CC1. The van der Waals surface area contributed by atoms with Crippen LogP contribution in [0.3, 0.4) is 0 Å². The van der Waals surface area contributed by atoms with Crippen molar-refractivity contribution in [3.63, 3.8) is 0 Å². The molecule has 1 aromatic rings. The Morgan fingerprint density at radius 2 is 2.25 bits per heavy atom. The summed E-state index contributed by atoms with van der Waals surface area (Å²) in [6.45, 7) is 3.77. The van der Waals surface area contributed by atoms with Crippen molar-refractivity contribution >= 4 is 17.2 Å². The molecule has 5 nitrogen and oxygen atoms in total. The van der Waals surface area contributed by atoms with Crippen molar-refractivity contribution in [1.82, 2.24) is 20.3 Å². The van der Waals surface area contributed by atoms with Gasteiger partial charge in [-0.2, -0.15) is 0 Å².